The molecule has 0 radical (unpaired) electrons. The lowest BCUT2D eigenvalue weighted by atomic mass is 10.0. The molecule has 4 rings (SSSR count). The summed E-state index contributed by atoms with van der Waals surface area (Å²) >= 11 is 0. The molecule has 0 saturated carbocycles. The van der Waals surface area contributed by atoms with Crippen LogP contribution in [0.3, 0.4) is 0 Å². The molecule has 3 aromatic rings. The van der Waals surface area contributed by atoms with Crippen LogP contribution in [0.25, 0.3) is 34.0 Å². The Bertz CT molecular complexity index is 803. The van der Waals surface area contributed by atoms with Crippen molar-refractivity contribution in [3.63, 3.8) is 0 Å². The van der Waals surface area contributed by atoms with Crippen molar-refractivity contribution < 1.29 is 0 Å². The standard InChI is InChI=1S/C17H13N/c1-2-6-12-10-15-14-8-4-5-9-16(14)18-17(15)11-13(12)7-3-1/h2-11,18H,1H2. The lowest BCUT2D eigenvalue weighted by molar-refractivity contribution is 1.44. The number of allylic oxidation sites excluding steroid dienone is 2. The Balaban J connectivity index is 2.15. The van der Waals surface area contributed by atoms with E-state index in [0.29, 0.717) is 0 Å². The van der Waals surface area contributed by atoms with E-state index in [1.54, 1.807) is 0 Å². The summed E-state index contributed by atoms with van der Waals surface area (Å²) in [5, 5.41) is 2.61. The number of hydrogen-bond acceptors (Lipinski definition) is 0. The minimum Gasteiger partial charge on any atom is -0.354 e. The molecule has 1 heteroatoms. The third-order valence-electron chi connectivity index (χ3n) is 3.58. The molecule has 1 heterocycles. The first kappa shape index (κ1) is 9.72. The zero-order valence-corrected chi connectivity index (χ0v) is 9.98. The van der Waals surface area contributed by atoms with Gasteiger partial charge in [0.25, 0.3) is 0 Å². The average molecular weight is 231 g/mol. The molecule has 2 aromatic carbocycles. The molecule has 1 nitrogen and oxygen atoms in total. The lowest BCUT2D eigenvalue weighted by Crippen LogP contribution is -1.80. The van der Waals surface area contributed by atoms with Crippen molar-refractivity contribution in [3.8, 4) is 0 Å². The minimum atomic E-state index is 1.02. The fourth-order valence-electron chi connectivity index (χ4n) is 2.69. The topological polar surface area (TPSA) is 15.8 Å². The van der Waals surface area contributed by atoms with Crippen LogP contribution < -0.4 is 0 Å². The maximum atomic E-state index is 3.49. The third-order valence-corrected chi connectivity index (χ3v) is 3.58. The molecule has 0 unspecified atom stereocenters. The smallest absolute Gasteiger partial charge is 0.0471 e. The van der Waals surface area contributed by atoms with Crippen LogP contribution in [0, 0.1) is 0 Å². The van der Waals surface area contributed by atoms with Gasteiger partial charge in [0, 0.05) is 21.8 Å². The number of benzene rings is 2. The van der Waals surface area contributed by atoms with Gasteiger partial charge >= 0.3 is 0 Å². The number of rotatable bonds is 0. The Hall–Kier alpha value is -2.28. The van der Waals surface area contributed by atoms with E-state index in [2.05, 4.69) is 65.7 Å². The van der Waals surface area contributed by atoms with Crippen LogP contribution in [0.1, 0.15) is 17.5 Å². The monoisotopic (exact) mass is 231 g/mol. The molecule has 0 saturated heterocycles. The number of aromatic amines is 1. The van der Waals surface area contributed by atoms with Crippen molar-refractivity contribution in [1.82, 2.24) is 4.98 Å². The summed E-state index contributed by atoms with van der Waals surface area (Å²) < 4.78 is 0. The number of fused-ring (bicyclic) bond motifs is 4. The summed E-state index contributed by atoms with van der Waals surface area (Å²) in [5.41, 5.74) is 5.03. The first-order chi connectivity index (χ1) is 8.92. The zero-order valence-electron chi connectivity index (χ0n) is 9.98. The number of hydrogen-bond donors (Lipinski definition) is 1. The van der Waals surface area contributed by atoms with Gasteiger partial charge in [0.1, 0.15) is 0 Å². The molecule has 0 atom stereocenters. The molecule has 0 amide bonds. The Morgan fingerprint density at radius 3 is 2.44 bits per heavy atom. The van der Waals surface area contributed by atoms with Gasteiger partial charge in [-0.3, -0.25) is 0 Å². The van der Waals surface area contributed by atoms with E-state index < -0.39 is 0 Å². The highest BCUT2D eigenvalue weighted by atomic mass is 14.7. The van der Waals surface area contributed by atoms with E-state index in [0.717, 1.165) is 6.42 Å². The molecule has 86 valence electrons. The molecular weight excluding hydrogens is 218 g/mol. The zero-order chi connectivity index (χ0) is 11.9. The van der Waals surface area contributed by atoms with Crippen LogP contribution in [-0.2, 0) is 0 Å². The Morgan fingerprint density at radius 1 is 0.778 bits per heavy atom. The van der Waals surface area contributed by atoms with Gasteiger partial charge in [-0.05, 0) is 35.7 Å². The number of para-hydroxylation sites is 1. The van der Waals surface area contributed by atoms with Crippen LogP contribution in [-0.4, -0.2) is 4.98 Å². The number of nitrogens with one attached hydrogen (secondary N) is 1. The summed E-state index contributed by atoms with van der Waals surface area (Å²) in [6.07, 6.45) is 9.86. The largest absolute Gasteiger partial charge is 0.354 e. The van der Waals surface area contributed by atoms with Crippen molar-refractivity contribution in [1.29, 1.82) is 0 Å². The predicted octanol–water partition coefficient (Wildman–Crippen LogP) is 4.75. The van der Waals surface area contributed by atoms with Gasteiger partial charge in [-0.25, -0.2) is 0 Å². The predicted molar refractivity (Wildman–Crippen MR) is 78.5 cm³/mol. The first-order valence-corrected chi connectivity index (χ1v) is 6.29. The van der Waals surface area contributed by atoms with Crippen LogP contribution in [0.5, 0.6) is 0 Å². The fraction of sp³-hybridized carbons (Fsp3) is 0.0588. The molecule has 0 bridgehead atoms. The second-order valence-corrected chi connectivity index (χ2v) is 4.74. The average Bonchev–Trinajstić information content (AvgIpc) is 2.59. The molecule has 0 aliphatic heterocycles. The minimum absolute atomic E-state index is 1.02. The normalized spacial score (nSPS) is 14.0. The quantitative estimate of drug-likeness (QED) is 0.574. The van der Waals surface area contributed by atoms with Crippen LogP contribution in [0.2, 0.25) is 0 Å². The Morgan fingerprint density at radius 2 is 1.56 bits per heavy atom. The second-order valence-electron chi connectivity index (χ2n) is 4.74. The molecule has 0 fully saturated rings. The SMILES string of the molecule is C1=Cc2cc3[nH]c4ccccc4c3cc2C=CC1. The summed E-state index contributed by atoms with van der Waals surface area (Å²) in [7, 11) is 0. The molecule has 18 heavy (non-hydrogen) atoms. The van der Waals surface area contributed by atoms with Gasteiger partial charge in [0.2, 0.25) is 0 Å². The maximum Gasteiger partial charge on any atom is 0.0471 e. The van der Waals surface area contributed by atoms with E-state index in [4.69, 9.17) is 0 Å². The first-order valence-electron chi connectivity index (χ1n) is 6.29. The molecule has 1 aromatic heterocycles. The highest BCUT2D eigenvalue weighted by molar-refractivity contribution is 6.08. The summed E-state index contributed by atoms with van der Waals surface area (Å²) in [5.74, 6) is 0. The van der Waals surface area contributed by atoms with Crippen LogP contribution in [0.15, 0.2) is 48.6 Å². The van der Waals surface area contributed by atoms with Gasteiger partial charge in [-0.1, -0.05) is 42.5 Å². The summed E-state index contributed by atoms with van der Waals surface area (Å²) in [6.45, 7) is 0. The third kappa shape index (κ3) is 1.34. The van der Waals surface area contributed by atoms with E-state index in [1.807, 2.05) is 0 Å². The summed E-state index contributed by atoms with van der Waals surface area (Å²) in [4.78, 5) is 3.49. The fourth-order valence-corrected chi connectivity index (χ4v) is 2.69. The second kappa shape index (κ2) is 3.61. The molecule has 1 N–H and O–H groups in total. The summed E-state index contributed by atoms with van der Waals surface area (Å²) in [6, 6.07) is 13.0. The highest BCUT2D eigenvalue weighted by Gasteiger charge is 2.07. The van der Waals surface area contributed by atoms with Gasteiger partial charge in [-0.2, -0.15) is 0 Å². The number of aromatic nitrogens is 1. The van der Waals surface area contributed by atoms with Crippen LogP contribution in [0.4, 0.5) is 0 Å². The van der Waals surface area contributed by atoms with Gasteiger partial charge in [0.05, 0.1) is 0 Å². The maximum absolute atomic E-state index is 3.49. The molecule has 1 aliphatic carbocycles. The van der Waals surface area contributed by atoms with Crippen molar-refractivity contribution >= 4 is 34.0 Å². The van der Waals surface area contributed by atoms with E-state index in [1.165, 1.54) is 32.9 Å². The Kier molecular flexibility index (Phi) is 1.95. The highest BCUT2D eigenvalue weighted by Crippen LogP contribution is 2.29. The molecular formula is C17H13N. The van der Waals surface area contributed by atoms with Crippen molar-refractivity contribution in [3.05, 3.63) is 59.7 Å². The van der Waals surface area contributed by atoms with Crippen molar-refractivity contribution in [2.45, 2.75) is 6.42 Å². The lowest BCUT2D eigenvalue weighted by Gasteiger charge is -2.01. The van der Waals surface area contributed by atoms with E-state index in [9.17, 15) is 0 Å². The van der Waals surface area contributed by atoms with Crippen LogP contribution >= 0.6 is 0 Å². The number of H-pyrrole nitrogens is 1. The van der Waals surface area contributed by atoms with Gasteiger partial charge in [0.15, 0.2) is 0 Å². The van der Waals surface area contributed by atoms with E-state index in [-0.39, 0.29) is 0 Å². The Labute approximate surface area is 105 Å². The molecule has 0 spiro atoms. The molecule has 1 aliphatic rings. The van der Waals surface area contributed by atoms with Gasteiger partial charge < -0.3 is 4.98 Å². The van der Waals surface area contributed by atoms with Crippen molar-refractivity contribution in [2.75, 3.05) is 0 Å². The van der Waals surface area contributed by atoms with Crippen molar-refractivity contribution in [2.24, 2.45) is 0 Å². The van der Waals surface area contributed by atoms with E-state index >= 15 is 0 Å². The van der Waals surface area contributed by atoms with Gasteiger partial charge in [-0.15, -0.1) is 0 Å².